The summed E-state index contributed by atoms with van der Waals surface area (Å²) in [4.78, 5) is 14.3. The van der Waals surface area contributed by atoms with E-state index in [9.17, 15) is 13.2 Å². The Morgan fingerprint density at radius 2 is 1.64 bits per heavy atom. The Morgan fingerprint density at radius 3 is 2.05 bits per heavy atom. The molecular formula is C16H26N2O3S. The highest BCUT2D eigenvalue weighted by Gasteiger charge is 2.30. The number of amides is 1. The highest BCUT2D eigenvalue weighted by molar-refractivity contribution is 7.89. The van der Waals surface area contributed by atoms with Crippen molar-refractivity contribution in [2.75, 3.05) is 13.1 Å². The first-order valence-corrected chi connectivity index (χ1v) is 9.09. The third-order valence-corrected chi connectivity index (χ3v) is 5.08. The molecule has 5 nitrogen and oxygen atoms in total. The lowest BCUT2D eigenvalue weighted by Gasteiger charge is -2.28. The van der Waals surface area contributed by atoms with E-state index in [-0.39, 0.29) is 16.7 Å². The van der Waals surface area contributed by atoms with Crippen molar-refractivity contribution in [2.45, 2.75) is 45.6 Å². The molecule has 0 aromatic heterocycles. The van der Waals surface area contributed by atoms with Crippen LogP contribution in [0.3, 0.4) is 0 Å². The number of hydrogen-bond donors (Lipinski definition) is 1. The van der Waals surface area contributed by atoms with E-state index in [1.807, 2.05) is 34.6 Å². The van der Waals surface area contributed by atoms with Gasteiger partial charge in [0.1, 0.15) is 6.04 Å². The van der Waals surface area contributed by atoms with Crippen LogP contribution in [0.15, 0.2) is 29.2 Å². The normalized spacial score (nSPS) is 13.2. The zero-order valence-electron chi connectivity index (χ0n) is 14.0. The predicted octanol–water partition coefficient (Wildman–Crippen LogP) is 2.17. The van der Waals surface area contributed by atoms with E-state index in [0.29, 0.717) is 13.1 Å². The van der Waals surface area contributed by atoms with Crippen molar-refractivity contribution in [3.63, 3.8) is 0 Å². The Kier molecular flexibility index (Phi) is 6.56. The number of carbonyl (C=O) groups excluding carboxylic acids is 1. The van der Waals surface area contributed by atoms with Gasteiger partial charge in [-0.3, -0.25) is 4.79 Å². The number of likely N-dealkylation sites (N-methyl/N-ethyl adjacent to an activating group) is 1. The molecule has 0 saturated heterocycles. The molecule has 22 heavy (non-hydrogen) atoms. The number of sulfonamides is 1. The van der Waals surface area contributed by atoms with E-state index >= 15 is 0 Å². The first-order valence-electron chi connectivity index (χ1n) is 7.60. The largest absolute Gasteiger partial charge is 0.342 e. The second-order valence-corrected chi connectivity index (χ2v) is 7.38. The maximum absolute atomic E-state index is 12.5. The fourth-order valence-corrected chi connectivity index (χ4v) is 3.49. The van der Waals surface area contributed by atoms with E-state index in [1.54, 1.807) is 29.2 Å². The molecule has 0 aliphatic heterocycles. The Morgan fingerprint density at radius 1 is 1.14 bits per heavy atom. The SMILES string of the molecule is CCN(CC)C(=O)C(NS(=O)(=O)c1ccc(C)cc1)C(C)C. The monoisotopic (exact) mass is 326 g/mol. The minimum absolute atomic E-state index is 0.131. The zero-order chi connectivity index (χ0) is 16.9. The van der Waals surface area contributed by atoms with Crippen LogP contribution in [0.25, 0.3) is 0 Å². The van der Waals surface area contributed by atoms with Crippen LogP contribution in [0.4, 0.5) is 0 Å². The highest BCUT2D eigenvalue weighted by atomic mass is 32.2. The van der Waals surface area contributed by atoms with Crippen LogP contribution in [0.1, 0.15) is 33.3 Å². The lowest BCUT2D eigenvalue weighted by Crippen LogP contribution is -2.51. The topological polar surface area (TPSA) is 66.5 Å². The first-order chi connectivity index (χ1) is 10.2. The van der Waals surface area contributed by atoms with Gasteiger partial charge in [-0.15, -0.1) is 0 Å². The summed E-state index contributed by atoms with van der Waals surface area (Å²) in [5.74, 6) is -0.316. The summed E-state index contributed by atoms with van der Waals surface area (Å²) < 4.78 is 27.5. The van der Waals surface area contributed by atoms with Crippen molar-refractivity contribution in [3.05, 3.63) is 29.8 Å². The van der Waals surface area contributed by atoms with Crippen molar-refractivity contribution < 1.29 is 13.2 Å². The highest BCUT2D eigenvalue weighted by Crippen LogP contribution is 2.14. The van der Waals surface area contributed by atoms with Gasteiger partial charge in [-0.25, -0.2) is 8.42 Å². The fourth-order valence-electron chi connectivity index (χ4n) is 2.16. The van der Waals surface area contributed by atoms with Gasteiger partial charge in [-0.05, 0) is 38.8 Å². The van der Waals surface area contributed by atoms with Crippen LogP contribution in [0.2, 0.25) is 0 Å². The van der Waals surface area contributed by atoms with Gasteiger partial charge in [0.15, 0.2) is 0 Å². The number of rotatable bonds is 7. The van der Waals surface area contributed by atoms with Gasteiger partial charge in [-0.2, -0.15) is 4.72 Å². The molecule has 124 valence electrons. The van der Waals surface area contributed by atoms with Crippen LogP contribution in [-0.4, -0.2) is 38.4 Å². The Bertz CT molecular complexity index is 590. The minimum Gasteiger partial charge on any atom is -0.342 e. The van der Waals surface area contributed by atoms with Crippen LogP contribution in [-0.2, 0) is 14.8 Å². The summed E-state index contributed by atoms with van der Waals surface area (Å²) in [5, 5.41) is 0. The van der Waals surface area contributed by atoms with Crippen molar-refractivity contribution in [1.29, 1.82) is 0 Å². The average Bonchev–Trinajstić information content (AvgIpc) is 2.46. The Hall–Kier alpha value is -1.40. The van der Waals surface area contributed by atoms with Crippen molar-refractivity contribution >= 4 is 15.9 Å². The van der Waals surface area contributed by atoms with Crippen LogP contribution < -0.4 is 4.72 Å². The van der Waals surface area contributed by atoms with Gasteiger partial charge >= 0.3 is 0 Å². The lowest BCUT2D eigenvalue weighted by atomic mass is 10.0. The zero-order valence-corrected chi connectivity index (χ0v) is 14.8. The van der Waals surface area contributed by atoms with E-state index in [2.05, 4.69) is 4.72 Å². The summed E-state index contributed by atoms with van der Waals surface area (Å²) in [7, 11) is -3.71. The molecule has 1 aromatic rings. The molecule has 0 heterocycles. The van der Waals surface area contributed by atoms with Gasteiger partial charge in [0, 0.05) is 13.1 Å². The summed E-state index contributed by atoms with van der Waals surface area (Å²) in [6, 6.07) is 5.83. The second-order valence-electron chi connectivity index (χ2n) is 5.67. The first kappa shape index (κ1) is 18.6. The van der Waals surface area contributed by atoms with Gasteiger partial charge in [0.25, 0.3) is 0 Å². The van der Waals surface area contributed by atoms with E-state index in [1.165, 1.54) is 0 Å². The second kappa shape index (κ2) is 7.74. The molecule has 1 rings (SSSR count). The van der Waals surface area contributed by atoms with Crippen molar-refractivity contribution in [1.82, 2.24) is 9.62 Å². The molecule has 0 radical (unpaired) electrons. The molecule has 0 aliphatic carbocycles. The van der Waals surface area contributed by atoms with Crippen molar-refractivity contribution in [3.8, 4) is 0 Å². The van der Waals surface area contributed by atoms with E-state index in [4.69, 9.17) is 0 Å². The number of aryl methyl sites for hydroxylation is 1. The Labute approximate surface area is 133 Å². The number of nitrogens with one attached hydrogen (secondary N) is 1. The van der Waals surface area contributed by atoms with Gasteiger partial charge in [0.2, 0.25) is 15.9 Å². The molecule has 0 fully saturated rings. The number of carbonyl (C=O) groups is 1. The predicted molar refractivity (Wildman–Crippen MR) is 88.1 cm³/mol. The number of benzene rings is 1. The standard InChI is InChI=1S/C16H26N2O3S/c1-6-18(7-2)16(19)15(12(3)4)17-22(20,21)14-10-8-13(5)9-11-14/h8-12,15,17H,6-7H2,1-5H3. The van der Waals surface area contributed by atoms with Crippen LogP contribution in [0, 0.1) is 12.8 Å². The maximum atomic E-state index is 12.5. The van der Waals surface area contributed by atoms with Crippen LogP contribution in [0.5, 0.6) is 0 Å². The molecule has 1 aromatic carbocycles. The number of hydrogen-bond acceptors (Lipinski definition) is 3. The molecule has 0 aliphatic rings. The maximum Gasteiger partial charge on any atom is 0.241 e. The molecular weight excluding hydrogens is 300 g/mol. The van der Waals surface area contributed by atoms with Crippen LogP contribution >= 0.6 is 0 Å². The molecule has 6 heteroatoms. The number of nitrogens with zero attached hydrogens (tertiary/aromatic N) is 1. The van der Waals surface area contributed by atoms with E-state index in [0.717, 1.165) is 5.56 Å². The quantitative estimate of drug-likeness (QED) is 0.835. The lowest BCUT2D eigenvalue weighted by molar-refractivity contribution is -0.133. The summed E-state index contributed by atoms with van der Waals surface area (Å²) in [6.45, 7) is 10.5. The summed E-state index contributed by atoms with van der Waals surface area (Å²) in [6.07, 6.45) is 0. The molecule has 1 amide bonds. The molecule has 0 bridgehead atoms. The fraction of sp³-hybridized carbons (Fsp3) is 0.562. The smallest absolute Gasteiger partial charge is 0.241 e. The van der Waals surface area contributed by atoms with Gasteiger partial charge < -0.3 is 4.90 Å². The minimum atomic E-state index is -3.71. The molecule has 1 unspecified atom stereocenters. The summed E-state index contributed by atoms with van der Waals surface area (Å²) >= 11 is 0. The molecule has 1 atom stereocenters. The van der Waals surface area contributed by atoms with E-state index < -0.39 is 16.1 Å². The third kappa shape index (κ3) is 4.55. The molecule has 1 N–H and O–H groups in total. The average molecular weight is 326 g/mol. The summed E-state index contributed by atoms with van der Waals surface area (Å²) in [5.41, 5.74) is 0.985. The van der Waals surface area contributed by atoms with Gasteiger partial charge in [0.05, 0.1) is 4.90 Å². The van der Waals surface area contributed by atoms with Gasteiger partial charge in [-0.1, -0.05) is 31.5 Å². The molecule has 0 spiro atoms. The Balaban J connectivity index is 3.04. The molecule has 0 saturated carbocycles. The van der Waals surface area contributed by atoms with Crippen molar-refractivity contribution in [2.24, 2.45) is 5.92 Å². The third-order valence-electron chi connectivity index (χ3n) is 3.62.